The van der Waals surface area contributed by atoms with Gasteiger partial charge in [0.2, 0.25) is 0 Å². The Labute approximate surface area is 129 Å². The second-order valence-corrected chi connectivity index (χ2v) is 7.69. The smallest absolute Gasteiger partial charge is 0.0347 e. The summed E-state index contributed by atoms with van der Waals surface area (Å²) in [6, 6.07) is 9.23. The summed E-state index contributed by atoms with van der Waals surface area (Å²) in [5.41, 5.74) is 7.55. The molecule has 2 nitrogen and oxygen atoms in total. The van der Waals surface area contributed by atoms with Crippen LogP contribution in [0, 0.1) is 0 Å². The van der Waals surface area contributed by atoms with E-state index in [4.69, 9.17) is 5.73 Å². The molecule has 0 saturated carbocycles. The molecule has 1 aliphatic heterocycles. The largest absolute Gasteiger partial charge is 0.329 e. The highest BCUT2D eigenvalue weighted by atomic mass is 79.9. The third kappa shape index (κ3) is 3.75. The third-order valence-electron chi connectivity index (χ3n) is 4.00. The van der Waals surface area contributed by atoms with Crippen molar-refractivity contribution in [1.29, 1.82) is 0 Å². The van der Waals surface area contributed by atoms with Crippen LogP contribution < -0.4 is 5.73 Å². The van der Waals surface area contributed by atoms with Crippen molar-refractivity contribution >= 4 is 27.7 Å². The van der Waals surface area contributed by atoms with E-state index in [0.717, 1.165) is 17.4 Å². The van der Waals surface area contributed by atoms with Crippen molar-refractivity contribution in [3.63, 3.8) is 0 Å². The number of nitrogens with zero attached hydrogens (tertiary/aromatic N) is 1. The second-order valence-electron chi connectivity index (χ2n) is 5.62. The zero-order valence-corrected chi connectivity index (χ0v) is 14.1. The molecule has 0 aliphatic carbocycles. The Balaban J connectivity index is 2.14. The van der Waals surface area contributed by atoms with Gasteiger partial charge >= 0.3 is 0 Å². The lowest BCUT2D eigenvalue weighted by atomic mass is 9.89. The van der Waals surface area contributed by atoms with Crippen LogP contribution in [0.1, 0.15) is 19.4 Å². The molecular weight excluding hydrogens is 320 g/mol. The summed E-state index contributed by atoms with van der Waals surface area (Å²) in [7, 11) is 0. The van der Waals surface area contributed by atoms with Gasteiger partial charge in [0.15, 0.2) is 0 Å². The lowest BCUT2D eigenvalue weighted by Crippen LogP contribution is -2.59. The molecule has 4 heteroatoms. The van der Waals surface area contributed by atoms with Crippen LogP contribution in [0.2, 0.25) is 0 Å². The highest BCUT2D eigenvalue weighted by molar-refractivity contribution is 9.10. The normalized spacial score (nSPS) is 24.1. The number of rotatable bonds is 4. The molecule has 19 heavy (non-hydrogen) atoms. The summed E-state index contributed by atoms with van der Waals surface area (Å²) in [6.45, 7) is 6.48. The minimum Gasteiger partial charge on any atom is -0.329 e. The van der Waals surface area contributed by atoms with Gasteiger partial charge in [0.1, 0.15) is 0 Å². The van der Waals surface area contributed by atoms with E-state index in [2.05, 4.69) is 70.7 Å². The molecule has 2 atom stereocenters. The molecule has 1 saturated heterocycles. The second kappa shape index (κ2) is 6.61. The van der Waals surface area contributed by atoms with E-state index in [1.807, 2.05) is 0 Å². The topological polar surface area (TPSA) is 29.3 Å². The van der Waals surface area contributed by atoms with Crippen molar-refractivity contribution in [2.24, 2.45) is 5.73 Å². The van der Waals surface area contributed by atoms with Gasteiger partial charge in [0.05, 0.1) is 0 Å². The first-order valence-corrected chi connectivity index (χ1v) is 8.79. The van der Waals surface area contributed by atoms with Gasteiger partial charge in [-0.15, -0.1) is 0 Å². The summed E-state index contributed by atoms with van der Waals surface area (Å²) >= 11 is 5.54. The first kappa shape index (κ1) is 15.4. The fraction of sp³-hybridized carbons (Fsp3) is 0.600. The van der Waals surface area contributed by atoms with Gasteiger partial charge in [0, 0.05) is 40.6 Å². The minimum absolute atomic E-state index is 0.0637. The van der Waals surface area contributed by atoms with Crippen LogP contribution in [0.5, 0.6) is 0 Å². The number of halogens is 1. The molecular formula is C15H23BrN2S. The SMILES string of the molecule is CC1CSCCN1C(C)(CN)Cc1ccc(Br)cc1. The summed E-state index contributed by atoms with van der Waals surface area (Å²) in [5, 5.41) is 0. The van der Waals surface area contributed by atoms with Crippen molar-refractivity contribution in [2.45, 2.75) is 31.8 Å². The molecule has 0 spiro atoms. The Bertz CT molecular complexity index is 409. The maximum atomic E-state index is 6.12. The molecule has 1 aromatic rings. The molecule has 0 amide bonds. The van der Waals surface area contributed by atoms with Crippen molar-refractivity contribution < 1.29 is 0 Å². The average molecular weight is 343 g/mol. The third-order valence-corrected chi connectivity index (χ3v) is 5.72. The van der Waals surface area contributed by atoms with Gasteiger partial charge in [0.25, 0.3) is 0 Å². The molecule has 0 bridgehead atoms. The molecule has 106 valence electrons. The summed E-state index contributed by atoms with van der Waals surface area (Å²) in [6.07, 6.45) is 1.02. The average Bonchev–Trinajstić information content (AvgIpc) is 2.42. The Kier molecular flexibility index (Phi) is 5.35. The van der Waals surface area contributed by atoms with Crippen LogP contribution >= 0.6 is 27.7 Å². The van der Waals surface area contributed by atoms with E-state index in [9.17, 15) is 0 Å². The monoisotopic (exact) mass is 342 g/mol. The van der Waals surface area contributed by atoms with Crippen molar-refractivity contribution in [3.8, 4) is 0 Å². The summed E-state index contributed by atoms with van der Waals surface area (Å²) in [4.78, 5) is 2.60. The highest BCUT2D eigenvalue weighted by Gasteiger charge is 2.35. The van der Waals surface area contributed by atoms with E-state index in [1.54, 1.807) is 0 Å². The van der Waals surface area contributed by atoms with Crippen molar-refractivity contribution in [2.75, 3.05) is 24.6 Å². The lowest BCUT2D eigenvalue weighted by molar-refractivity contribution is 0.0818. The zero-order chi connectivity index (χ0) is 13.9. The van der Waals surface area contributed by atoms with E-state index in [0.29, 0.717) is 12.6 Å². The zero-order valence-electron chi connectivity index (χ0n) is 11.7. The molecule has 2 N–H and O–H groups in total. The Morgan fingerprint density at radius 1 is 1.42 bits per heavy atom. The van der Waals surface area contributed by atoms with Gasteiger partial charge < -0.3 is 5.73 Å². The maximum Gasteiger partial charge on any atom is 0.0347 e. The van der Waals surface area contributed by atoms with Gasteiger partial charge in [-0.25, -0.2) is 0 Å². The van der Waals surface area contributed by atoms with E-state index >= 15 is 0 Å². The highest BCUT2D eigenvalue weighted by Crippen LogP contribution is 2.28. The van der Waals surface area contributed by atoms with Crippen LogP contribution in [-0.4, -0.2) is 41.1 Å². The number of nitrogens with two attached hydrogens (primary N) is 1. The number of benzene rings is 1. The van der Waals surface area contributed by atoms with Gasteiger partial charge in [-0.05, 0) is 38.0 Å². The standard InChI is InChI=1S/C15H23BrN2S/c1-12-10-19-8-7-18(12)15(2,11-17)9-13-3-5-14(16)6-4-13/h3-6,12H,7-11,17H2,1-2H3. The van der Waals surface area contributed by atoms with Crippen molar-refractivity contribution in [3.05, 3.63) is 34.3 Å². The molecule has 0 aromatic heterocycles. The fourth-order valence-electron chi connectivity index (χ4n) is 2.86. The van der Waals surface area contributed by atoms with Gasteiger partial charge in [-0.3, -0.25) is 4.90 Å². The van der Waals surface area contributed by atoms with Gasteiger partial charge in [-0.2, -0.15) is 11.8 Å². The van der Waals surface area contributed by atoms with Crippen LogP contribution in [-0.2, 0) is 6.42 Å². The number of hydrogen-bond donors (Lipinski definition) is 1. The predicted molar refractivity (Wildman–Crippen MR) is 88.8 cm³/mol. The Morgan fingerprint density at radius 3 is 2.68 bits per heavy atom. The molecule has 0 radical (unpaired) electrons. The molecule has 2 unspecified atom stereocenters. The number of thioether (sulfide) groups is 1. The van der Waals surface area contributed by atoms with Crippen LogP contribution in [0.4, 0.5) is 0 Å². The lowest BCUT2D eigenvalue weighted by Gasteiger charge is -2.46. The van der Waals surface area contributed by atoms with E-state index in [-0.39, 0.29) is 5.54 Å². The fourth-order valence-corrected chi connectivity index (χ4v) is 4.14. The van der Waals surface area contributed by atoms with Gasteiger partial charge in [-0.1, -0.05) is 28.1 Å². The molecule has 2 rings (SSSR count). The quantitative estimate of drug-likeness (QED) is 0.911. The summed E-state index contributed by atoms with van der Waals surface area (Å²) in [5.74, 6) is 2.44. The van der Waals surface area contributed by atoms with E-state index < -0.39 is 0 Å². The first-order chi connectivity index (χ1) is 9.05. The first-order valence-electron chi connectivity index (χ1n) is 6.84. The van der Waals surface area contributed by atoms with Crippen LogP contribution in [0.15, 0.2) is 28.7 Å². The van der Waals surface area contributed by atoms with Crippen LogP contribution in [0.25, 0.3) is 0 Å². The maximum absolute atomic E-state index is 6.12. The summed E-state index contributed by atoms with van der Waals surface area (Å²) < 4.78 is 1.13. The van der Waals surface area contributed by atoms with Crippen molar-refractivity contribution in [1.82, 2.24) is 4.90 Å². The number of hydrogen-bond acceptors (Lipinski definition) is 3. The Morgan fingerprint density at radius 2 is 2.11 bits per heavy atom. The minimum atomic E-state index is 0.0637. The Hall–Kier alpha value is -0.0300. The predicted octanol–water partition coefficient (Wildman–Crippen LogP) is 3.15. The van der Waals surface area contributed by atoms with E-state index in [1.165, 1.54) is 17.1 Å². The molecule has 1 aromatic carbocycles. The van der Waals surface area contributed by atoms with Crippen LogP contribution in [0.3, 0.4) is 0 Å². The molecule has 1 fully saturated rings. The molecule has 1 aliphatic rings. The molecule has 1 heterocycles.